The van der Waals surface area contributed by atoms with Crippen molar-refractivity contribution in [2.24, 2.45) is 29.6 Å². The number of ether oxygens (including phenoxy) is 2. The molecule has 9 nitrogen and oxygen atoms in total. The van der Waals surface area contributed by atoms with Crippen molar-refractivity contribution in [1.29, 1.82) is 0 Å². The monoisotopic (exact) mass is 646 g/mol. The average molecular weight is 648 g/mol. The second-order valence-electron chi connectivity index (χ2n) is 11.8. The van der Waals surface area contributed by atoms with Gasteiger partial charge in [-0.1, -0.05) is 34.9 Å². The lowest BCUT2D eigenvalue weighted by atomic mass is 9.57. The Morgan fingerprint density at radius 3 is 1.69 bits per heavy atom. The molecule has 11 heteroatoms. The molecule has 0 radical (unpaired) electrons. The molecule has 2 aliphatic heterocycles. The van der Waals surface area contributed by atoms with Gasteiger partial charge in [0.1, 0.15) is 0 Å². The number of hydrogen-bond donors (Lipinski definition) is 1. The van der Waals surface area contributed by atoms with E-state index in [1.54, 1.807) is 60.7 Å². The van der Waals surface area contributed by atoms with Crippen LogP contribution in [0.3, 0.4) is 0 Å². The number of carbonyl (C=O) groups is 4. The fourth-order valence-electron chi connectivity index (χ4n) is 7.75. The van der Waals surface area contributed by atoms with Crippen LogP contribution in [-0.4, -0.2) is 43.0 Å². The maximum atomic E-state index is 14.3. The summed E-state index contributed by atoms with van der Waals surface area (Å²) in [6, 6.07) is 16.3. The molecule has 1 saturated carbocycles. The minimum atomic E-state index is -0.800. The third-order valence-corrected chi connectivity index (χ3v) is 10.2. The zero-order valence-electron chi connectivity index (χ0n) is 24.3. The van der Waals surface area contributed by atoms with Crippen molar-refractivity contribution in [3.63, 3.8) is 0 Å². The van der Waals surface area contributed by atoms with Crippen LogP contribution in [0.15, 0.2) is 72.3 Å². The Morgan fingerprint density at radius 1 is 0.689 bits per heavy atom. The van der Waals surface area contributed by atoms with Gasteiger partial charge in [0.05, 0.1) is 49.3 Å². The number of fused-ring (bicyclic) bond motifs is 4. The Labute approximate surface area is 268 Å². The number of phenolic OH excluding ortho intramolecular Hbond substituents is 1. The summed E-state index contributed by atoms with van der Waals surface area (Å²) in [7, 11) is 2.83. The largest absolute Gasteiger partial charge is 0.502 e. The van der Waals surface area contributed by atoms with Crippen molar-refractivity contribution in [2.75, 3.05) is 24.0 Å². The molecule has 3 aromatic carbocycles. The van der Waals surface area contributed by atoms with Crippen LogP contribution in [0.1, 0.15) is 24.3 Å². The predicted octanol–water partition coefficient (Wildman–Crippen LogP) is 5.76. The van der Waals surface area contributed by atoms with Crippen LogP contribution in [0.2, 0.25) is 10.0 Å². The van der Waals surface area contributed by atoms with E-state index in [9.17, 15) is 24.3 Å². The molecule has 1 N–H and O–H groups in total. The number of methoxy groups -OCH3 is 2. The first-order valence-electron chi connectivity index (χ1n) is 14.6. The number of phenols is 1. The molecule has 0 bridgehead atoms. The van der Waals surface area contributed by atoms with E-state index >= 15 is 0 Å². The first-order chi connectivity index (χ1) is 21.6. The highest BCUT2D eigenvalue weighted by molar-refractivity contribution is 6.31. The number of allylic oxidation sites excluding steroid dienone is 2. The van der Waals surface area contributed by atoms with Gasteiger partial charge in [-0.25, -0.2) is 0 Å². The number of nitrogens with zero attached hydrogens (tertiary/aromatic N) is 2. The summed E-state index contributed by atoms with van der Waals surface area (Å²) < 4.78 is 10.9. The van der Waals surface area contributed by atoms with Crippen LogP contribution in [0.4, 0.5) is 11.4 Å². The van der Waals surface area contributed by atoms with Crippen LogP contribution < -0.4 is 19.3 Å². The van der Waals surface area contributed by atoms with Gasteiger partial charge in [-0.05, 0) is 85.0 Å². The van der Waals surface area contributed by atoms with E-state index in [2.05, 4.69) is 0 Å². The van der Waals surface area contributed by atoms with E-state index in [1.165, 1.54) is 24.0 Å². The van der Waals surface area contributed by atoms with Crippen LogP contribution in [0.25, 0.3) is 0 Å². The van der Waals surface area contributed by atoms with Crippen LogP contribution >= 0.6 is 23.2 Å². The highest BCUT2D eigenvalue weighted by Crippen LogP contribution is 2.59. The molecule has 4 aliphatic rings. The van der Waals surface area contributed by atoms with Gasteiger partial charge in [0, 0.05) is 16.0 Å². The van der Waals surface area contributed by atoms with Gasteiger partial charge in [0.25, 0.3) is 0 Å². The maximum Gasteiger partial charge on any atom is 0.238 e. The lowest BCUT2D eigenvalue weighted by molar-refractivity contribution is -0.126. The second-order valence-corrected chi connectivity index (χ2v) is 12.6. The minimum Gasteiger partial charge on any atom is -0.502 e. The zero-order chi connectivity index (χ0) is 31.7. The number of rotatable bonds is 5. The van der Waals surface area contributed by atoms with Gasteiger partial charge in [-0.15, -0.1) is 0 Å². The van der Waals surface area contributed by atoms with Crippen LogP contribution in [0.5, 0.6) is 17.2 Å². The Hall–Kier alpha value is -4.34. The van der Waals surface area contributed by atoms with Crippen molar-refractivity contribution < 1.29 is 33.8 Å². The highest BCUT2D eigenvalue weighted by Gasteiger charge is 2.62. The van der Waals surface area contributed by atoms with Crippen molar-refractivity contribution in [3.05, 3.63) is 87.9 Å². The highest BCUT2D eigenvalue weighted by atomic mass is 35.5. The van der Waals surface area contributed by atoms with Gasteiger partial charge >= 0.3 is 0 Å². The number of benzene rings is 3. The SMILES string of the molecule is COc1cc([C@H]2C3=CC[C@@H]4C(=O)N(c5ccc(Cl)cc5)C(=O)[C@@H]4[C@@H]3C[C@H]3C(=O)N(c4ccc(Cl)cc4)C(=O)[C@@H]23)cc(OC)c1O. The lowest BCUT2D eigenvalue weighted by Crippen LogP contribution is -2.43. The number of amides is 4. The van der Waals surface area contributed by atoms with Crippen LogP contribution in [-0.2, 0) is 19.2 Å². The molecule has 230 valence electrons. The topological polar surface area (TPSA) is 113 Å². The van der Waals surface area contributed by atoms with Crippen molar-refractivity contribution in [1.82, 2.24) is 0 Å². The standard InChI is InChI=1S/C34H28Cl2N2O7/c1-44-25-13-16(14-26(45-2)30(25)39)27-21-11-12-22-28(33(42)37(31(22)40)19-7-3-17(35)4-8-19)23(21)15-24-29(27)34(43)38(32(24)41)20-9-5-18(36)6-10-20/h3-11,13-14,22-24,27-29,39H,12,15H2,1-2H3/t22-,23+,24+,27-,28-,29+/m0/s1. The van der Waals surface area contributed by atoms with Gasteiger partial charge in [0.2, 0.25) is 29.4 Å². The molecule has 3 fully saturated rings. The first-order valence-corrected chi connectivity index (χ1v) is 15.3. The average Bonchev–Trinajstić information content (AvgIpc) is 3.44. The first kappa shape index (κ1) is 29.4. The van der Waals surface area contributed by atoms with E-state index in [0.717, 1.165) is 5.57 Å². The summed E-state index contributed by atoms with van der Waals surface area (Å²) >= 11 is 12.2. The molecule has 3 aromatic rings. The molecule has 2 aliphatic carbocycles. The number of imide groups is 2. The molecule has 4 amide bonds. The van der Waals surface area contributed by atoms with Crippen molar-refractivity contribution in [3.8, 4) is 17.2 Å². The molecule has 2 heterocycles. The number of halogens is 2. The summed E-state index contributed by atoms with van der Waals surface area (Å²) in [6.45, 7) is 0. The molecule has 0 aromatic heterocycles. The summed E-state index contributed by atoms with van der Waals surface area (Å²) in [5, 5.41) is 11.6. The summed E-state index contributed by atoms with van der Waals surface area (Å²) in [5.41, 5.74) is 2.24. The fraction of sp³-hybridized carbons (Fsp3) is 0.294. The smallest absolute Gasteiger partial charge is 0.238 e. The van der Waals surface area contributed by atoms with Gasteiger partial charge in [0.15, 0.2) is 11.5 Å². The maximum absolute atomic E-state index is 14.3. The summed E-state index contributed by atoms with van der Waals surface area (Å²) in [4.78, 5) is 58.7. The third-order valence-electron chi connectivity index (χ3n) is 9.68. The summed E-state index contributed by atoms with van der Waals surface area (Å²) in [6.07, 6.45) is 2.48. The Morgan fingerprint density at radius 2 is 1.18 bits per heavy atom. The van der Waals surface area contributed by atoms with Crippen molar-refractivity contribution in [2.45, 2.75) is 18.8 Å². The van der Waals surface area contributed by atoms with Crippen LogP contribution in [0, 0.1) is 29.6 Å². The van der Waals surface area contributed by atoms with E-state index in [-0.39, 0.29) is 47.3 Å². The number of hydrogen-bond acceptors (Lipinski definition) is 7. The molecule has 0 spiro atoms. The van der Waals surface area contributed by atoms with E-state index in [0.29, 0.717) is 33.4 Å². The predicted molar refractivity (Wildman–Crippen MR) is 167 cm³/mol. The van der Waals surface area contributed by atoms with Gasteiger partial charge in [-0.3, -0.25) is 29.0 Å². The fourth-order valence-corrected chi connectivity index (χ4v) is 8.00. The van der Waals surface area contributed by atoms with E-state index < -0.39 is 35.5 Å². The van der Waals surface area contributed by atoms with Gasteiger partial charge in [-0.2, -0.15) is 0 Å². The van der Waals surface area contributed by atoms with Gasteiger partial charge < -0.3 is 14.6 Å². The third kappa shape index (κ3) is 4.43. The molecule has 2 saturated heterocycles. The molecule has 0 unspecified atom stereocenters. The quantitative estimate of drug-likeness (QED) is 0.277. The molecule has 6 atom stereocenters. The summed E-state index contributed by atoms with van der Waals surface area (Å²) in [5.74, 6) is -5.33. The van der Waals surface area contributed by atoms with E-state index in [4.69, 9.17) is 32.7 Å². The minimum absolute atomic E-state index is 0.143. The molecule has 45 heavy (non-hydrogen) atoms. The van der Waals surface area contributed by atoms with Crippen molar-refractivity contribution >= 4 is 58.2 Å². The second kappa shape index (κ2) is 10.9. The molecular weight excluding hydrogens is 619 g/mol. The molecule has 7 rings (SSSR count). The normalized spacial score (nSPS) is 27.2. The molecular formula is C34H28Cl2N2O7. The Balaban J connectivity index is 1.36. The zero-order valence-corrected chi connectivity index (χ0v) is 25.8. The Bertz CT molecular complexity index is 1760. The number of carbonyl (C=O) groups excluding carboxylic acids is 4. The number of anilines is 2. The Kier molecular flexibility index (Phi) is 7.13. The number of aromatic hydroxyl groups is 1. The van der Waals surface area contributed by atoms with E-state index in [1.807, 2.05) is 6.08 Å². The lowest BCUT2D eigenvalue weighted by Gasteiger charge is -2.44.